The highest BCUT2D eigenvalue weighted by molar-refractivity contribution is 6.42. The van der Waals surface area contributed by atoms with E-state index >= 15 is 0 Å². The second kappa shape index (κ2) is 7.17. The largest absolute Gasteiger partial charge is 0.507 e. The molecule has 0 saturated heterocycles. The molecule has 8 heteroatoms. The number of H-pyrrole nitrogens is 1. The molecule has 0 bridgehead atoms. The van der Waals surface area contributed by atoms with Gasteiger partial charge in [0.2, 0.25) is 0 Å². The van der Waals surface area contributed by atoms with E-state index in [9.17, 15) is 9.90 Å². The Morgan fingerprint density at radius 1 is 1.18 bits per heavy atom. The minimum absolute atomic E-state index is 0.0150. The highest BCUT2D eigenvalue weighted by Gasteiger charge is 2.42. The molecule has 1 atom stereocenters. The molecule has 1 unspecified atom stereocenters. The number of nitrogens with one attached hydrogen (secondary N) is 1. The number of hydrogen-bond donors (Lipinski definition) is 2. The lowest BCUT2D eigenvalue weighted by Crippen LogP contribution is -2.29. The van der Waals surface area contributed by atoms with Crippen LogP contribution in [0.4, 0.5) is 0 Å². The number of aromatic nitrogens is 2. The number of hydrogen-bond acceptors (Lipinski definition) is 3. The summed E-state index contributed by atoms with van der Waals surface area (Å²) in [7, 11) is 0. The van der Waals surface area contributed by atoms with Crippen molar-refractivity contribution in [2.24, 2.45) is 0 Å². The predicted octanol–water partition coefficient (Wildman–Crippen LogP) is 5.47. The van der Waals surface area contributed by atoms with Crippen molar-refractivity contribution >= 4 is 40.7 Å². The number of rotatable bonds is 4. The Morgan fingerprint density at radius 3 is 2.68 bits per heavy atom. The molecule has 1 aliphatic rings. The Balaban J connectivity index is 1.95. The molecule has 3 aromatic rings. The molecule has 2 aromatic carbocycles. The van der Waals surface area contributed by atoms with E-state index in [1.165, 1.54) is 6.07 Å². The molecule has 0 radical (unpaired) electrons. The van der Waals surface area contributed by atoms with Crippen LogP contribution in [0.5, 0.6) is 5.75 Å². The Labute approximate surface area is 176 Å². The van der Waals surface area contributed by atoms with Gasteiger partial charge in [0.25, 0.3) is 5.91 Å². The fraction of sp³-hybridized carbons (Fsp3) is 0.100. The number of phenolic OH excluding ortho intramolecular Hbond substituents is 1. The van der Waals surface area contributed by atoms with Gasteiger partial charge < -0.3 is 10.0 Å². The summed E-state index contributed by atoms with van der Waals surface area (Å²) < 4.78 is 0. The van der Waals surface area contributed by atoms with Gasteiger partial charge in [-0.1, -0.05) is 46.9 Å². The van der Waals surface area contributed by atoms with Gasteiger partial charge in [0, 0.05) is 22.7 Å². The first kappa shape index (κ1) is 18.9. The van der Waals surface area contributed by atoms with Gasteiger partial charge in [-0.05, 0) is 35.9 Å². The fourth-order valence-electron chi connectivity index (χ4n) is 3.46. The van der Waals surface area contributed by atoms with Crippen molar-refractivity contribution in [1.29, 1.82) is 0 Å². The summed E-state index contributed by atoms with van der Waals surface area (Å²) in [5.41, 5.74) is 2.65. The minimum Gasteiger partial charge on any atom is -0.507 e. The average Bonchev–Trinajstić information content (AvgIpc) is 3.20. The van der Waals surface area contributed by atoms with Gasteiger partial charge in [-0.2, -0.15) is 5.10 Å². The number of carbonyl (C=O) groups is 1. The third-order valence-electron chi connectivity index (χ3n) is 4.66. The zero-order valence-corrected chi connectivity index (χ0v) is 16.7. The summed E-state index contributed by atoms with van der Waals surface area (Å²) in [6.07, 6.45) is 1.65. The highest BCUT2D eigenvalue weighted by Crippen LogP contribution is 2.45. The summed E-state index contributed by atoms with van der Waals surface area (Å²) in [6, 6.07) is 9.43. The van der Waals surface area contributed by atoms with E-state index in [2.05, 4.69) is 16.8 Å². The zero-order chi connectivity index (χ0) is 20.0. The van der Waals surface area contributed by atoms with E-state index in [4.69, 9.17) is 34.8 Å². The van der Waals surface area contributed by atoms with E-state index < -0.39 is 6.04 Å². The lowest BCUT2D eigenvalue weighted by molar-refractivity contribution is 0.0764. The van der Waals surface area contributed by atoms with Crippen LogP contribution in [0.2, 0.25) is 15.1 Å². The summed E-state index contributed by atoms with van der Waals surface area (Å²) in [4.78, 5) is 14.6. The molecule has 1 aliphatic heterocycles. The van der Waals surface area contributed by atoms with Crippen molar-refractivity contribution < 1.29 is 9.90 Å². The van der Waals surface area contributed by atoms with Crippen molar-refractivity contribution in [2.45, 2.75) is 6.04 Å². The van der Waals surface area contributed by atoms with Crippen molar-refractivity contribution in [3.05, 3.63) is 80.9 Å². The van der Waals surface area contributed by atoms with Gasteiger partial charge in [0.15, 0.2) is 0 Å². The molecule has 0 aliphatic carbocycles. The topological polar surface area (TPSA) is 69.2 Å². The normalized spacial score (nSPS) is 15.8. The minimum atomic E-state index is -0.470. The maximum atomic E-state index is 13.0. The standard InChI is InChI=1S/C20H14Cl3N3O2/c1-2-7-26-19(10-3-5-13(22)14(23)8-10)16-17(24-25-18(16)20(26)28)12-9-11(21)4-6-15(12)27/h2-6,8-9,19,27H,1,7H2,(H,24,25). The van der Waals surface area contributed by atoms with Crippen LogP contribution in [0.3, 0.4) is 0 Å². The SMILES string of the molecule is C=CCN1C(=O)c2[nH]nc(-c3cc(Cl)ccc3O)c2C1c1ccc(Cl)c(Cl)c1. The van der Waals surface area contributed by atoms with Gasteiger partial charge in [-0.15, -0.1) is 6.58 Å². The van der Waals surface area contributed by atoms with E-state index in [0.717, 1.165) is 5.56 Å². The smallest absolute Gasteiger partial charge is 0.273 e. The average molecular weight is 435 g/mol. The van der Waals surface area contributed by atoms with Crippen molar-refractivity contribution in [3.8, 4) is 17.0 Å². The molecule has 1 aromatic heterocycles. The first-order chi connectivity index (χ1) is 13.4. The number of nitrogens with zero attached hydrogens (tertiary/aromatic N) is 2. The third kappa shape index (κ3) is 2.96. The Bertz CT molecular complexity index is 1110. The summed E-state index contributed by atoms with van der Waals surface area (Å²) >= 11 is 18.4. The van der Waals surface area contributed by atoms with Crippen LogP contribution in [0.25, 0.3) is 11.3 Å². The van der Waals surface area contributed by atoms with E-state index in [1.807, 2.05) is 6.07 Å². The predicted molar refractivity (Wildman–Crippen MR) is 110 cm³/mol. The monoisotopic (exact) mass is 433 g/mol. The maximum Gasteiger partial charge on any atom is 0.273 e. The van der Waals surface area contributed by atoms with Gasteiger partial charge in [0.05, 0.1) is 16.1 Å². The molecule has 5 nitrogen and oxygen atoms in total. The molecular weight excluding hydrogens is 421 g/mol. The number of halogens is 3. The second-order valence-corrected chi connectivity index (χ2v) is 7.60. The highest BCUT2D eigenvalue weighted by atomic mass is 35.5. The summed E-state index contributed by atoms with van der Waals surface area (Å²) in [5.74, 6) is -0.201. The third-order valence-corrected chi connectivity index (χ3v) is 5.64. The second-order valence-electron chi connectivity index (χ2n) is 6.34. The number of amides is 1. The summed E-state index contributed by atoms with van der Waals surface area (Å²) in [5, 5.41) is 18.7. The van der Waals surface area contributed by atoms with Crippen LogP contribution in [-0.2, 0) is 0 Å². The first-order valence-corrected chi connectivity index (χ1v) is 9.49. The lowest BCUT2D eigenvalue weighted by Gasteiger charge is -2.25. The van der Waals surface area contributed by atoms with Crippen molar-refractivity contribution in [1.82, 2.24) is 15.1 Å². The van der Waals surface area contributed by atoms with Crippen LogP contribution in [0.15, 0.2) is 49.1 Å². The van der Waals surface area contributed by atoms with Crippen LogP contribution in [-0.4, -0.2) is 32.7 Å². The van der Waals surface area contributed by atoms with Crippen molar-refractivity contribution in [3.63, 3.8) is 0 Å². The molecule has 28 heavy (non-hydrogen) atoms. The van der Waals surface area contributed by atoms with Crippen LogP contribution in [0.1, 0.15) is 27.7 Å². The molecule has 4 rings (SSSR count). The summed E-state index contributed by atoms with van der Waals surface area (Å²) in [6.45, 7) is 4.07. The molecule has 2 N–H and O–H groups in total. The van der Waals surface area contributed by atoms with Gasteiger partial charge in [0.1, 0.15) is 17.1 Å². The number of phenols is 1. The molecule has 1 amide bonds. The first-order valence-electron chi connectivity index (χ1n) is 8.36. The van der Waals surface area contributed by atoms with Crippen LogP contribution in [0, 0.1) is 0 Å². The number of fused-ring (bicyclic) bond motifs is 1. The quantitative estimate of drug-likeness (QED) is 0.535. The van der Waals surface area contributed by atoms with Crippen LogP contribution < -0.4 is 0 Å². The van der Waals surface area contributed by atoms with E-state index in [1.54, 1.807) is 35.2 Å². The molecule has 0 spiro atoms. The molecule has 0 fully saturated rings. The van der Waals surface area contributed by atoms with Crippen LogP contribution >= 0.6 is 34.8 Å². The number of carbonyl (C=O) groups excluding carboxylic acids is 1. The molecule has 0 saturated carbocycles. The molecular formula is C20H14Cl3N3O2. The zero-order valence-electron chi connectivity index (χ0n) is 14.4. The van der Waals surface area contributed by atoms with E-state index in [-0.39, 0.29) is 11.7 Å². The number of aromatic hydroxyl groups is 1. The van der Waals surface area contributed by atoms with Gasteiger partial charge in [-0.25, -0.2) is 0 Å². The van der Waals surface area contributed by atoms with Gasteiger partial charge >= 0.3 is 0 Å². The Kier molecular flexibility index (Phi) is 4.83. The lowest BCUT2D eigenvalue weighted by atomic mass is 9.95. The number of benzene rings is 2. The van der Waals surface area contributed by atoms with E-state index in [0.29, 0.717) is 44.1 Å². The van der Waals surface area contributed by atoms with Crippen molar-refractivity contribution in [2.75, 3.05) is 6.54 Å². The molecule has 142 valence electrons. The Hall–Kier alpha value is -2.47. The number of aromatic amines is 1. The Morgan fingerprint density at radius 2 is 1.96 bits per heavy atom. The fourth-order valence-corrected chi connectivity index (χ4v) is 3.93. The van der Waals surface area contributed by atoms with Gasteiger partial charge in [-0.3, -0.25) is 9.89 Å². The maximum absolute atomic E-state index is 13.0. The molecule has 2 heterocycles.